The lowest BCUT2D eigenvalue weighted by Crippen LogP contribution is -2.32. The minimum atomic E-state index is -0.767. The number of carbonyl (C=O) groups is 1. The number of halogens is 1. The summed E-state index contributed by atoms with van der Waals surface area (Å²) in [5.41, 5.74) is -0.611. The van der Waals surface area contributed by atoms with E-state index in [1.165, 1.54) is 0 Å². The van der Waals surface area contributed by atoms with Gasteiger partial charge in [0.2, 0.25) is 0 Å². The van der Waals surface area contributed by atoms with Gasteiger partial charge in [-0.05, 0) is 19.4 Å². The second kappa shape index (κ2) is 5.38. The summed E-state index contributed by atoms with van der Waals surface area (Å²) >= 11 is 0. The average Bonchev–Trinajstić information content (AvgIpc) is 2.28. The molecule has 0 aliphatic carbocycles. The number of hydrogen-bond donors (Lipinski definition) is 1. The Morgan fingerprint density at radius 1 is 1.59 bits per heavy atom. The summed E-state index contributed by atoms with van der Waals surface area (Å²) in [6.07, 6.45) is 0.697. The third-order valence-corrected chi connectivity index (χ3v) is 2.40. The molecule has 17 heavy (non-hydrogen) atoms. The van der Waals surface area contributed by atoms with Crippen LogP contribution in [0, 0.1) is 15.9 Å². The molecule has 0 fully saturated rings. The maximum atomic E-state index is 13.4. The average molecular weight is 240 g/mol. The first-order valence-electron chi connectivity index (χ1n) is 5.20. The number of nitrogens with one attached hydrogen (secondary N) is 1. The van der Waals surface area contributed by atoms with E-state index in [0.717, 1.165) is 18.2 Å². The third kappa shape index (κ3) is 3.24. The highest BCUT2D eigenvalue weighted by Gasteiger charge is 2.17. The van der Waals surface area contributed by atoms with Crippen LogP contribution >= 0.6 is 0 Å². The largest absolute Gasteiger partial charge is 0.350 e. The third-order valence-electron chi connectivity index (χ3n) is 2.40. The Bertz CT molecular complexity index is 448. The minimum absolute atomic E-state index is 0.110. The van der Waals surface area contributed by atoms with Crippen molar-refractivity contribution in [2.45, 2.75) is 26.3 Å². The predicted molar refractivity (Wildman–Crippen MR) is 60.3 cm³/mol. The van der Waals surface area contributed by atoms with Gasteiger partial charge in [0.15, 0.2) is 0 Å². The van der Waals surface area contributed by atoms with Crippen LogP contribution in [0.1, 0.15) is 30.6 Å². The van der Waals surface area contributed by atoms with E-state index in [1.54, 1.807) is 6.92 Å². The molecule has 1 unspecified atom stereocenters. The lowest BCUT2D eigenvalue weighted by atomic mass is 10.1. The van der Waals surface area contributed by atoms with E-state index in [0.29, 0.717) is 6.42 Å². The van der Waals surface area contributed by atoms with Crippen molar-refractivity contribution in [1.29, 1.82) is 0 Å². The molecule has 0 saturated carbocycles. The van der Waals surface area contributed by atoms with Gasteiger partial charge in [-0.3, -0.25) is 14.9 Å². The van der Waals surface area contributed by atoms with Gasteiger partial charge < -0.3 is 5.32 Å². The lowest BCUT2D eigenvalue weighted by Gasteiger charge is -2.11. The molecule has 92 valence electrons. The molecule has 0 spiro atoms. The van der Waals surface area contributed by atoms with E-state index in [-0.39, 0.29) is 17.3 Å². The molecule has 0 radical (unpaired) electrons. The van der Waals surface area contributed by atoms with Gasteiger partial charge in [-0.25, -0.2) is 4.39 Å². The molecule has 1 atom stereocenters. The van der Waals surface area contributed by atoms with Gasteiger partial charge in [-0.2, -0.15) is 0 Å². The van der Waals surface area contributed by atoms with Gasteiger partial charge in [0.1, 0.15) is 5.82 Å². The van der Waals surface area contributed by atoms with Gasteiger partial charge in [0.25, 0.3) is 11.6 Å². The van der Waals surface area contributed by atoms with E-state index in [4.69, 9.17) is 0 Å². The molecule has 0 heterocycles. The number of carbonyl (C=O) groups excluding carboxylic acids is 1. The number of nitro groups is 1. The van der Waals surface area contributed by atoms with Crippen LogP contribution in [-0.2, 0) is 0 Å². The monoisotopic (exact) mass is 240 g/mol. The van der Waals surface area contributed by atoms with Gasteiger partial charge in [0, 0.05) is 18.2 Å². The fraction of sp³-hybridized carbons (Fsp3) is 0.364. The molecular weight excluding hydrogens is 227 g/mol. The van der Waals surface area contributed by atoms with Crippen molar-refractivity contribution in [3.05, 3.63) is 39.7 Å². The molecule has 1 N–H and O–H groups in total. The second-order valence-corrected chi connectivity index (χ2v) is 3.70. The Kier molecular flexibility index (Phi) is 4.14. The highest BCUT2D eigenvalue weighted by molar-refractivity contribution is 5.95. The molecule has 0 aromatic heterocycles. The Morgan fingerprint density at radius 3 is 2.76 bits per heavy atom. The topological polar surface area (TPSA) is 72.2 Å². The Labute approximate surface area is 97.8 Å². The van der Waals surface area contributed by atoms with Crippen molar-refractivity contribution in [3.8, 4) is 0 Å². The standard InChI is InChI=1S/C11H13FN2O3/c1-3-7(2)13-11(15)9-6-8(14(16)17)4-5-10(9)12/h4-7H,3H2,1-2H3,(H,13,15). The molecular formula is C11H13FN2O3. The maximum Gasteiger partial charge on any atom is 0.270 e. The Balaban J connectivity index is 3.00. The molecule has 0 bridgehead atoms. The smallest absolute Gasteiger partial charge is 0.270 e. The van der Waals surface area contributed by atoms with Crippen LogP contribution in [0.4, 0.5) is 10.1 Å². The number of nitro benzene ring substituents is 1. The van der Waals surface area contributed by atoms with Gasteiger partial charge in [-0.15, -0.1) is 0 Å². The van der Waals surface area contributed by atoms with Gasteiger partial charge in [-0.1, -0.05) is 6.92 Å². The summed E-state index contributed by atoms with van der Waals surface area (Å²) < 4.78 is 13.4. The molecule has 0 aliphatic rings. The minimum Gasteiger partial charge on any atom is -0.350 e. The number of amides is 1. The second-order valence-electron chi connectivity index (χ2n) is 3.70. The normalized spacial score (nSPS) is 11.9. The molecule has 5 nitrogen and oxygen atoms in total. The van der Waals surface area contributed by atoms with E-state index in [9.17, 15) is 19.3 Å². The highest BCUT2D eigenvalue weighted by Crippen LogP contribution is 2.16. The SMILES string of the molecule is CCC(C)NC(=O)c1cc([N+](=O)[O-])ccc1F. The van der Waals surface area contributed by atoms with Crippen LogP contribution in [0.5, 0.6) is 0 Å². The van der Waals surface area contributed by atoms with Gasteiger partial charge in [0.05, 0.1) is 10.5 Å². The number of rotatable bonds is 4. The van der Waals surface area contributed by atoms with Crippen molar-refractivity contribution in [1.82, 2.24) is 5.32 Å². The van der Waals surface area contributed by atoms with Crippen molar-refractivity contribution in [3.63, 3.8) is 0 Å². The quantitative estimate of drug-likeness (QED) is 0.648. The lowest BCUT2D eigenvalue weighted by molar-refractivity contribution is -0.384. The molecule has 1 rings (SSSR count). The van der Waals surface area contributed by atoms with Crippen molar-refractivity contribution >= 4 is 11.6 Å². The number of nitrogens with zero attached hydrogens (tertiary/aromatic N) is 1. The van der Waals surface area contributed by atoms with Crippen molar-refractivity contribution in [2.75, 3.05) is 0 Å². The van der Waals surface area contributed by atoms with E-state index in [1.807, 2.05) is 6.92 Å². The van der Waals surface area contributed by atoms with E-state index >= 15 is 0 Å². The van der Waals surface area contributed by atoms with Gasteiger partial charge >= 0.3 is 0 Å². The summed E-state index contributed by atoms with van der Waals surface area (Å²) in [6, 6.07) is 2.77. The number of non-ortho nitro benzene ring substituents is 1. The Morgan fingerprint density at radius 2 is 2.24 bits per heavy atom. The van der Waals surface area contributed by atoms with Crippen LogP contribution in [-0.4, -0.2) is 16.9 Å². The molecule has 0 saturated heterocycles. The fourth-order valence-corrected chi connectivity index (χ4v) is 1.20. The first-order chi connectivity index (χ1) is 7.95. The fourth-order valence-electron chi connectivity index (χ4n) is 1.20. The van der Waals surface area contributed by atoms with Crippen molar-refractivity contribution in [2.24, 2.45) is 0 Å². The van der Waals surface area contributed by atoms with Crippen molar-refractivity contribution < 1.29 is 14.1 Å². The highest BCUT2D eigenvalue weighted by atomic mass is 19.1. The molecule has 1 aromatic rings. The molecule has 1 aromatic carbocycles. The van der Waals surface area contributed by atoms with E-state index in [2.05, 4.69) is 5.32 Å². The summed E-state index contributed by atoms with van der Waals surface area (Å²) in [4.78, 5) is 21.5. The zero-order valence-electron chi connectivity index (χ0n) is 9.57. The maximum absolute atomic E-state index is 13.4. The summed E-state index contributed by atoms with van der Waals surface area (Å²) in [5, 5.41) is 13.1. The van der Waals surface area contributed by atoms with Crippen LogP contribution in [0.3, 0.4) is 0 Å². The first kappa shape index (κ1) is 13.1. The van der Waals surface area contributed by atoms with Crippen LogP contribution in [0.2, 0.25) is 0 Å². The number of benzene rings is 1. The molecule has 6 heteroatoms. The first-order valence-corrected chi connectivity index (χ1v) is 5.20. The molecule has 1 amide bonds. The molecule has 0 aliphatic heterocycles. The summed E-state index contributed by atoms with van der Waals surface area (Å²) in [5.74, 6) is -1.41. The summed E-state index contributed by atoms with van der Waals surface area (Å²) in [7, 11) is 0. The van der Waals surface area contributed by atoms with Crippen LogP contribution in [0.25, 0.3) is 0 Å². The van der Waals surface area contributed by atoms with Crippen LogP contribution < -0.4 is 5.32 Å². The van der Waals surface area contributed by atoms with Crippen LogP contribution in [0.15, 0.2) is 18.2 Å². The number of hydrogen-bond acceptors (Lipinski definition) is 3. The zero-order valence-corrected chi connectivity index (χ0v) is 9.57. The summed E-state index contributed by atoms with van der Waals surface area (Å²) in [6.45, 7) is 3.64. The predicted octanol–water partition coefficient (Wildman–Crippen LogP) is 2.26. The zero-order chi connectivity index (χ0) is 13.0. The van der Waals surface area contributed by atoms with E-state index < -0.39 is 16.6 Å². The Hall–Kier alpha value is -1.98.